The van der Waals surface area contributed by atoms with Crippen molar-refractivity contribution in [1.29, 1.82) is 0 Å². The first-order chi connectivity index (χ1) is 20.5. The highest BCUT2D eigenvalue weighted by molar-refractivity contribution is 6.04. The number of nitrogens with zero attached hydrogens (tertiary/aromatic N) is 5. The van der Waals surface area contributed by atoms with E-state index in [1.807, 2.05) is 78.9 Å². The molecule has 0 spiro atoms. The third kappa shape index (κ3) is 5.82. The summed E-state index contributed by atoms with van der Waals surface area (Å²) < 4.78 is 11.1. The number of fused-ring (bicyclic) bond motifs is 1. The molecule has 3 aliphatic rings. The van der Waals surface area contributed by atoms with Crippen LogP contribution in [0.5, 0.6) is 17.2 Å². The highest BCUT2D eigenvalue weighted by atomic mass is 16.7. The summed E-state index contributed by atoms with van der Waals surface area (Å²) in [7, 11) is 1.63. The average molecular weight is 572 g/mol. The van der Waals surface area contributed by atoms with Gasteiger partial charge in [0.1, 0.15) is 23.3 Å². The number of imide groups is 1. The zero-order chi connectivity index (χ0) is 29.1. The molecule has 3 aromatic carbocycles. The Morgan fingerprint density at radius 1 is 0.786 bits per heavy atom. The Labute approximate surface area is 244 Å². The Morgan fingerprint density at radius 2 is 1.45 bits per heavy atom. The maximum atomic E-state index is 13.2. The Hall–Kier alpha value is -4.77. The van der Waals surface area contributed by atoms with Gasteiger partial charge in [-0.1, -0.05) is 35.4 Å². The van der Waals surface area contributed by atoms with E-state index >= 15 is 0 Å². The number of para-hydroxylation sites is 1. The molecular formula is C31H33N5O6. The van der Waals surface area contributed by atoms with Gasteiger partial charge in [0.25, 0.3) is 5.91 Å². The van der Waals surface area contributed by atoms with E-state index in [-0.39, 0.29) is 0 Å². The molecule has 3 aromatic rings. The Bertz CT molecular complexity index is 1410. The molecule has 0 radical (unpaired) electrons. The third-order valence-electron chi connectivity index (χ3n) is 7.82. The molecule has 4 amide bonds. The number of carbonyl (C=O) groups is 3. The second kappa shape index (κ2) is 12.0. The second-order valence-corrected chi connectivity index (χ2v) is 10.4. The van der Waals surface area contributed by atoms with Crippen LogP contribution >= 0.6 is 0 Å². The number of benzene rings is 3. The van der Waals surface area contributed by atoms with Crippen LogP contribution in [0.2, 0.25) is 0 Å². The zero-order valence-electron chi connectivity index (χ0n) is 23.4. The number of amides is 4. The van der Waals surface area contributed by atoms with Gasteiger partial charge in [-0.05, 0) is 54.1 Å². The molecule has 3 saturated heterocycles. The van der Waals surface area contributed by atoms with E-state index in [0.29, 0.717) is 57.4 Å². The third-order valence-corrected chi connectivity index (χ3v) is 7.82. The quantitative estimate of drug-likeness (QED) is 0.395. The highest BCUT2D eigenvalue weighted by Crippen LogP contribution is 2.26. The van der Waals surface area contributed by atoms with Gasteiger partial charge in [-0.3, -0.25) is 9.69 Å². The van der Waals surface area contributed by atoms with Crippen molar-refractivity contribution < 1.29 is 28.7 Å². The average Bonchev–Trinajstić information content (AvgIpc) is 3.26. The van der Waals surface area contributed by atoms with Crippen LogP contribution in [-0.4, -0.2) is 96.8 Å². The maximum Gasteiger partial charge on any atom is 0.434 e. The monoisotopic (exact) mass is 571 g/mol. The minimum absolute atomic E-state index is 0.363. The van der Waals surface area contributed by atoms with E-state index in [9.17, 15) is 14.4 Å². The molecule has 11 heteroatoms. The number of hydrogen-bond acceptors (Lipinski definition) is 8. The number of carbonyl (C=O) groups excluding carboxylic acids is 3. The van der Waals surface area contributed by atoms with E-state index in [4.69, 9.17) is 14.3 Å². The largest absolute Gasteiger partial charge is 0.497 e. The fourth-order valence-electron chi connectivity index (χ4n) is 5.48. The summed E-state index contributed by atoms with van der Waals surface area (Å²) in [5.74, 6) is 1.78. The molecule has 3 fully saturated rings. The normalized spacial score (nSPS) is 19.1. The van der Waals surface area contributed by atoms with Crippen molar-refractivity contribution >= 4 is 23.7 Å². The fourth-order valence-corrected chi connectivity index (χ4v) is 5.48. The van der Waals surface area contributed by atoms with E-state index in [0.717, 1.165) is 28.5 Å². The van der Waals surface area contributed by atoms with Crippen molar-refractivity contribution in [2.24, 2.45) is 0 Å². The first kappa shape index (κ1) is 27.4. The molecule has 0 N–H and O–H groups in total. The number of rotatable bonds is 7. The lowest BCUT2D eigenvalue weighted by Crippen LogP contribution is -2.52. The lowest BCUT2D eigenvalue weighted by molar-refractivity contribution is -0.152. The van der Waals surface area contributed by atoms with Crippen LogP contribution in [0.3, 0.4) is 0 Å². The predicted octanol–water partition coefficient (Wildman–Crippen LogP) is 3.81. The molecule has 0 saturated carbocycles. The van der Waals surface area contributed by atoms with Crippen LogP contribution in [0.4, 0.5) is 15.3 Å². The number of hydroxylamine groups is 2. The Kier molecular flexibility index (Phi) is 7.83. The summed E-state index contributed by atoms with van der Waals surface area (Å²) in [5, 5.41) is 0.641. The maximum absolute atomic E-state index is 13.2. The summed E-state index contributed by atoms with van der Waals surface area (Å²) in [6, 6.07) is 23.9. The van der Waals surface area contributed by atoms with Crippen LogP contribution < -0.4 is 14.4 Å². The van der Waals surface area contributed by atoms with Crippen LogP contribution in [-0.2, 0) is 16.2 Å². The van der Waals surface area contributed by atoms with Gasteiger partial charge >= 0.3 is 12.1 Å². The lowest BCUT2D eigenvalue weighted by Gasteiger charge is -2.35. The highest BCUT2D eigenvalue weighted by Gasteiger charge is 2.50. The summed E-state index contributed by atoms with van der Waals surface area (Å²) >= 11 is 0. The SMILES string of the molecule is COc1ccc(N2CCN(C(=O)ON3C(=O)C4CN(Cc5ccc(Oc6ccccc6)cc5)CCN4C3=O)CC2)cc1. The summed E-state index contributed by atoms with van der Waals surface area (Å²) in [5.41, 5.74) is 2.10. The van der Waals surface area contributed by atoms with Gasteiger partial charge in [-0.2, -0.15) is 0 Å². The summed E-state index contributed by atoms with van der Waals surface area (Å²) in [6.45, 7) is 4.00. The summed E-state index contributed by atoms with van der Waals surface area (Å²) in [6.07, 6.45) is -0.694. The molecule has 3 heterocycles. The van der Waals surface area contributed by atoms with Gasteiger partial charge in [0.2, 0.25) is 0 Å². The van der Waals surface area contributed by atoms with E-state index in [2.05, 4.69) is 9.80 Å². The molecule has 3 aliphatic heterocycles. The molecule has 0 aromatic heterocycles. The van der Waals surface area contributed by atoms with E-state index in [1.165, 1.54) is 9.80 Å². The van der Waals surface area contributed by atoms with Crippen LogP contribution in [0.15, 0.2) is 78.9 Å². The Morgan fingerprint density at radius 3 is 2.14 bits per heavy atom. The number of anilines is 1. The van der Waals surface area contributed by atoms with Gasteiger partial charge in [-0.15, -0.1) is 0 Å². The van der Waals surface area contributed by atoms with Gasteiger partial charge in [0, 0.05) is 58.0 Å². The first-order valence-electron chi connectivity index (χ1n) is 14.0. The topological polar surface area (TPSA) is 95.1 Å². The molecular weight excluding hydrogens is 538 g/mol. The molecule has 218 valence electrons. The minimum Gasteiger partial charge on any atom is -0.497 e. The number of urea groups is 1. The lowest BCUT2D eigenvalue weighted by atomic mass is 10.1. The van der Waals surface area contributed by atoms with E-state index in [1.54, 1.807) is 7.11 Å². The zero-order valence-corrected chi connectivity index (χ0v) is 23.4. The molecule has 1 unspecified atom stereocenters. The summed E-state index contributed by atoms with van der Waals surface area (Å²) in [4.78, 5) is 51.8. The standard InChI is InChI=1S/C31H33N5O6/c1-40-25-13-9-24(10-14-25)33-16-18-34(19-17-33)31(39)42-36-29(37)28-22-32(15-20-35(28)30(36)38)21-23-7-11-27(12-8-23)41-26-5-3-2-4-6-26/h2-14,28H,15-22H2,1H3. The molecule has 11 nitrogen and oxygen atoms in total. The number of piperazine rings is 2. The second-order valence-electron chi connectivity index (χ2n) is 10.4. The van der Waals surface area contributed by atoms with Gasteiger partial charge in [0.05, 0.1) is 7.11 Å². The number of hydrogen-bond donors (Lipinski definition) is 0. The molecule has 0 aliphatic carbocycles. The van der Waals surface area contributed by atoms with Gasteiger partial charge in [0.15, 0.2) is 0 Å². The first-order valence-corrected chi connectivity index (χ1v) is 14.0. The van der Waals surface area contributed by atoms with Crippen molar-refractivity contribution in [2.45, 2.75) is 12.6 Å². The minimum atomic E-state index is -0.694. The van der Waals surface area contributed by atoms with Crippen LogP contribution in [0.25, 0.3) is 0 Å². The Balaban J connectivity index is 1.00. The van der Waals surface area contributed by atoms with Crippen molar-refractivity contribution in [2.75, 3.05) is 57.8 Å². The van der Waals surface area contributed by atoms with Crippen molar-refractivity contribution in [1.82, 2.24) is 19.8 Å². The van der Waals surface area contributed by atoms with E-state index < -0.39 is 24.1 Å². The molecule has 6 rings (SSSR count). The molecule has 1 atom stereocenters. The number of ether oxygens (including phenoxy) is 2. The van der Waals surface area contributed by atoms with Crippen LogP contribution in [0.1, 0.15) is 5.56 Å². The molecule has 42 heavy (non-hydrogen) atoms. The van der Waals surface area contributed by atoms with Gasteiger partial charge < -0.3 is 29.0 Å². The predicted molar refractivity (Wildman–Crippen MR) is 154 cm³/mol. The van der Waals surface area contributed by atoms with Crippen molar-refractivity contribution in [3.8, 4) is 17.2 Å². The van der Waals surface area contributed by atoms with Crippen molar-refractivity contribution in [3.63, 3.8) is 0 Å². The smallest absolute Gasteiger partial charge is 0.434 e. The van der Waals surface area contributed by atoms with Crippen LogP contribution in [0, 0.1) is 0 Å². The van der Waals surface area contributed by atoms with Crippen molar-refractivity contribution in [3.05, 3.63) is 84.4 Å². The molecule has 0 bridgehead atoms. The fraction of sp³-hybridized carbons (Fsp3) is 0.323. The number of methoxy groups -OCH3 is 1. The van der Waals surface area contributed by atoms with Gasteiger partial charge in [-0.25, -0.2) is 9.59 Å².